The van der Waals surface area contributed by atoms with Crippen molar-refractivity contribution in [2.24, 2.45) is 5.41 Å². The molecule has 0 saturated heterocycles. The van der Waals surface area contributed by atoms with Crippen LogP contribution in [-0.2, 0) is 0 Å². The summed E-state index contributed by atoms with van der Waals surface area (Å²) in [5.74, 6) is 0. The summed E-state index contributed by atoms with van der Waals surface area (Å²) in [6, 6.07) is 2.49. The van der Waals surface area contributed by atoms with E-state index >= 15 is 0 Å². The van der Waals surface area contributed by atoms with Crippen LogP contribution in [0.4, 0.5) is 0 Å². The van der Waals surface area contributed by atoms with Crippen LogP contribution >= 0.6 is 0 Å². The third kappa shape index (κ3) is 9.01. The van der Waals surface area contributed by atoms with Crippen molar-refractivity contribution in [2.75, 3.05) is 6.54 Å². The highest BCUT2D eigenvalue weighted by Gasteiger charge is 2.20. The van der Waals surface area contributed by atoms with Crippen LogP contribution in [0.2, 0.25) is 0 Å². The van der Waals surface area contributed by atoms with Gasteiger partial charge in [0.05, 0.1) is 5.41 Å². The van der Waals surface area contributed by atoms with Crippen LogP contribution in [0.3, 0.4) is 0 Å². The predicted molar refractivity (Wildman–Crippen MR) is 59.3 cm³/mol. The average Bonchev–Trinajstić information content (AvgIpc) is 2.10. The van der Waals surface area contributed by atoms with Gasteiger partial charge in [-0.15, -0.1) is 0 Å². The van der Waals surface area contributed by atoms with Crippen LogP contribution in [0.25, 0.3) is 5.01 Å². The van der Waals surface area contributed by atoms with Gasteiger partial charge in [-0.05, 0) is 26.7 Å². The smallest absolute Gasteiger partial charge is 0.304 e. The van der Waals surface area contributed by atoms with Crippen LogP contribution in [0.15, 0.2) is 0 Å². The van der Waals surface area contributed by atoms with E-state index in [2.05, 4.69) is 11.1 Å². The maximum Gasteiger partial charge on any atom is 0.304 e. The third-order valence-electron chi connectivity index (χ3n) is 2.24. The minimum Gasteiger partial charge on any atom is -0.498 e. The van der Waals surface area contributed by atoms with Crippen LogP contribution in [0, 0.1) is 26.8 Å². The van der Waals surface area contributed by atoms with Gasteiger partial charge >= 0.3 is 6.07 Å². The van der Waals surface area contributed by atoms with Gasteiger partial charge < -0.3 is 5.21 Å². The van der Waals surface area contributed by atoms with Crippen molar-refractivity contribution >= 4 is 0 Å². The van der Waals surface area contributed by atoms with Gasteiger partial charge in [0.2, 0.25) is 6.54 Å². The summed E-state index contributed by atoms with van der Waals surface area (Å²) in [4.78, 5) is 9.73. The molecule has 0 aromatic rings. The molecule has 0 rings (SSSR count). The lowest BCUT2D eigenvalue weighted by Crippen LogP contribution is -2.07. The van der Waals surface area contributed by atoms with Crippen molar-refractivity contribution in [1.29, 1.82) is 0 Å². The lowest BCUT2D eigenvalue weighted by atomic mass is 9.89. The minimum absolute atomic E-state index is 0.0531. The molecule has 0 fully saturated rings. The Balaban J connectivity index is 3.45. The lowest BCUT2D eigenvalue weighted by Gasteiger charge is -2.10. The van der Waals surface area contributed by atoms with Crippen LogP contribution in [-0.4, -0.2) is 11.5 Å². The van der Waals surface area contributed by atoms with E-state index in [9.17, 15) is 15.3 Å². The fourth-order valence-electron chi connectivity index (χ4n) is 1.34. The van der Waals surface area contributed by atoms with Gasteiger partial charge in [0.1, 0.15) is 0 Å². The van der Waals surface area contributed by atoms with E-state index in [-0.39, 0.29) is 16.9 Å². The van der Waals surface area contributed by atoms with Gasteiger partial charge in [0.25, 0.3) is 0 Å². The molecule has 86 valence electrons. The molecule has 15 heavy (non-hydrogen) atoms. The Morgan fingerprint density at radius 3 is 2.40 bits per heavy atom. The maximum absolute atomic E-state index is 10.0. The molecule has 0 amide bonds. The van der Waals surface area contributed by atoms with E-state index in [1.54, 1.807) is 0 Å². The van der Waals surface area contributed by atoms with Crippen LogP contribution in [0.1, 0.15) is 46.0 Å². The molecule has 0 spiro atoms. The summed E-state index contributed by atoms with van der Waals surface area (Å²) in [5.41, 5.74) is -0.273. The first-order valence-corrected chi connectivity index (χ1v) is 5.19. The van der Waals surface area contributed by atoms with Crippen molar-refractivity contribution in [3.63, 3.8) is 0 Å². The Labute approximate surface area is 90.0 Å². The van der Waals surface area contributed by atoms with Crippen LogP contribution in [0.5, 0.6) is 0 Å². The number of unbranched alkanes of at least 4 members (excludes halogenated alkanes) is 3. The molecule has 0 aromatic heterocycles. The summed E-state index contributed by atoms with van der Waals surface area (Å²) in [6.45, 7) is 3.87. The Morgan fingerprint density at radius 2 is 1.87 bits per heavy atom. The summed E-state index contributed by atoms with van der Waals surface area (Å²) < 4.78 is 0. The van der Waals surface area contributed by atoms with Gasteiger partial charge in [-0.25, -0.2) is 0 Å². The highest BCUT2D eigenvalue weighted by atomic mass is 16.6. The molecule has 0 bridgehead atoms. The zero-order valence-corrected chi connectivity index (χ0v) is 9.36. The topological polar surface area (TPSA) is 70.6 Å². The first-order valence-electron chi connectivity index (χ1n) is 5.19. The van der Waals surface area contributed by atoms with Crippen molar-refractivity contribution in [3.05, 3.63) is 20.3 Å². The SMILES string of the molecule is CC(C)(C#[N+][O-])CCCCCC[N+](=O)[O-]. The molecule has 5 nitrogen and oxygen atoms in total. The molecule has 5 heteroatoms. The van der Waals surface area contributed by atoms with E-state index < -0.39 is 0 Å². The standard InChI is InChI=1S/C10H18N2O3/c1-10(2,9-11-13)7-5-3-4-6-8-12(14)15/h3-8H2,1-2H3. The van der Waals surface area contributed by atoms with Gasteiger partial charge in [0.15, 0.2) is 0 Å². The second-order valence-electron chi connectivity index (χ2n) is 4.31. The van der Waals surface area contributed by atoms with Gasteiger partial charge in [-0.1, -0.05) is 12.8 Å². The van der Waals surface area contributed by atoms with Crippen molar-refractivity contribution in [3.8, 4) is 6.07 Å². The fourth-order valence-corrected chi connectivity index (χ4v) is 1.34. The van der Waals surface area contributed by atoms with Gasteiger partial charge in [-0.3, -0.25) is 10.1 Å². The Bertz CT molecular complexity index is 253. The largest absolute Gasteiger partial charge is 0.498 e. The first-order chi connectivity index (χ1) is 6.98. The third-order valence-corrected chi connectivity index (χ3v) is 2.24. The Kier molecular flexibility index (Phi) is 6.43. The number of nitrogens with zero attached hydrogens (tertiary/aromatic N) is 2. The van der Waals surface area contributed by atoms with Crippen molar-refractivity contribution < 1.29 is 4.92 Å². The zero-order valence-electron chi connectivity index (χ0n) is 9.36. The summed E-state index contributed by atoms with van der Waals surface area (Å²) in [7, 11) is 0. The van der Waals surface area contributed by atoms with E-state index in [0.717, 1.165) is 25.7 Å². The number of hydrogen-bond donors (Lipinski definition) is 0. The Hall–Kier alpha value is -1.31. The number of hydrogen-bond acceptors (Lipinski definition) is 3. The molecule has 0 aromatic carbocycles. The second kappa shape index (κ2) is 7.04. The fraction of sp³-hybridized carbons (Fsp3) is 0.900. The van der Waals surface area contributed by atoms with E-state index in [1.165, 1.54) is 0 Å². The normalized spacial score (nSPS) is 10.5. The van der Waals surface area contributed by atoms with Crippen molar-refractivity contribution in [2.45, 2.75) is 46.0 Å². The monoisotopic (exact) mass is 214 g/mol. The molecule has 0 radical (unpaired) electrons. The molecule has 0 atom stereocenters. The number of nitro groups is 1. The Morgan fingerprint density at radius 1 is 1.27 bits per heavy atom. The molecular formula is C10H18N2O3. The quantitative estimate of drug-likeness (QED) is 0.371. The lowest BCUT2D eigenvalue weighted by molar-refractivity contribution is -0.480. The zero-order chi connectivity index (χ0) is 11.7. The van der Waals surface area contributed by atoms with Crippen LogP contribution < -0.4 is 0 Å². The molecule has 0 saturated carbocycles. The van der Waals surface area contributed by atoms with Crippen molar-refractivity contribution in [1.82, 2.24) is 0 Å². The highest BCUT2D eigenvalue weighted by Crippen LogP contribution is 2.22. The average molecular weight is 214 g/mol. The van der Waals surface area contributed by atoms with E-state index in [1.807, 2.05) is 13.8 Å². The summed E-state index contributed by atoms with van der Waals surface area (Å²) >= 11 is 0. The highest BCUT2D eigenvalue weighted by molar-refractivity contribution is 5.00. The molecule has 0 unspecified atom stereocenters. The molecule has 0 N–H and O–H groups in total. The summed E-state index contributed by atoms with van der Waals surface area (Å²) in [6.07, 6.45) is 4.25. The predicted octanol–water partition coefficient (Wildman–Crippen LogP) is 3.07. The molecule has 0 aliphatic heterocycles. The maximum atomic E-state index is 10.0. The minimum atomic E-state index is -0.290. The first kappa shape index (κ1) is 13.7. The van der Waals surface area contributed by atoms with Gasteiger partial charge in [0, 0.05) is 16.4 Å². The van der Waals surface area contributed by atoms with E-state index in [0.29, 0.717) is 6.42 Å². The summed E-state index contributed by atoms with van der Waals surface area (Å²) in [5, 5.41) is 22.7. The van der Waals surface area contributed by atoms with Gasteiger partial charge in [-0.2, -0.15) is 0 Å². The number of rotatable bonds is 7. The molecule has 0 aliphatic rings. The molecule has 0 heterocycles. The molecular weight excluding hydrogens is 196 g/mol. The second-order valence-corrected chi connectivity index (χ2v) is 4.31. The molecule has 0 aliphatic carbocycles. The van der Waals surface area contributed by atoms with E-state index in [4.69, 9.17) is 0 Å².